The van der Waals surface area contributed by atoms with E-state index in [2.05, 4.69) is 13.8 Å². The molecule has 2 rings (SSSR count). The third kappa shape index (κ3) is 6.79. The molecule has 0 aliphatic heterocycles. The van der Waals surface area contributed by atoms with Crippen molar-refractivity contribution in [3.8, 4) is 17.2 Å². The molecular formula is C22H28O4. The summed E-state index contributed by atoms with van der Waals surface area (Å²) >= 11 is 0. The lowest BCUT2D eigenvalue weighted by Crippen LogP contribution is -2.08. The van der Waals surface area contributed by atoms with E-state index in [1.165, 1.54) is 37.8 Å². The summed E-state index contributed by atoms with van der Waals surface area (Å²) in [5.41, 5.74) is 0.457. The van der Waals surface area contributed by atoms with Gasteiger partial charge in [-0.3, -0.25) is 0 Å². The molecule has 2 aromatic carbocycles. The van der Waals surface area contributed by atoms with E-state index in [4.69, 9.17) is 9.47 Å². The molecule has 140 valence electrons. The van der Waals surface area contributed by atoms with Gasteiger partial charge in [0.15, 0.2) is 0 Å². The molecule has 0 saturated heterocycles. The van der Waals surface area contributed by atoms with Crippen molar-refractivity contribution in [1.82, 2.24) is 0 Å². The average molecular weight is 356 g/mol. The van der Waals surface area contributed by atoms with Gasteiger partial charge in [-0.05, 0) is 60.9 Å². The minimum atomic E-state index is -0.438. The van der Waals surface area contributed by atoms with Crippen LogP contribution in [0.3, 0.4) is 0 Å². The molecule has 1 N–H and O–H groups in total. The molecule has 0 aliphatic carbocycles. The van der Waals surface area contributed by atoms with Gasteiger partial charge in [0.25, 0.3) is 0 Å². The Labute approximate surface area is 155 Å². The first-order valence-electron chi connectivity index (χ1n) is 9.32. The van der Waals surface area contributed by atoms with Crippen molar-refractivity contribution in [2.45, 2.75) is 46.0 Å². The molecule has 0 aromatic heterocycles. The third-order valence-electron chi connectivity index (χ3n) is 4.44. The maximum atomic E-state index is 12.1. The lowest BCUT2D eigenvalue weighted by molar-refractivity contribution is 0.0734. The number of carbonyl (C=O) groups excluding carboxylic acids is 1. The van der Waals surface area contributed by atoms with E-state index in [-0.39, 0.29) is 5.75 Å². The van der Waals surface area contributed by atoms with Crippen molar-refractivity contribution in [2.75, 3.05) is 6.61 Å². The fraction of sp³-hybridized carbons (Fsp3) is 0.409. The Morgan fingerprint density at radius 2 is 1.62 bits per heavy atom. The van der Waals surface area contributed by atoms with Crippen molar-refractivity contribution < 1.29 is 19.4 Å². The molecule has 0 heterocycles. The lowest BCUT2D eigenvalue weighted by Gasteiger charge is -2.09. The average Bonchev–Trinajstić information content (AvgIpc) is 2.66. The van der Waals surface area contributed by atoms with Gasteiger partial charge in [0, 0.05) is 0 Å². The minimum absolute atomic E-state index is 0.131. The van der Waals surface area contributed by atoms with E-state index in [0.717, 1.165) is 18.1 Å². The highest BCUT2D eigenvalue weighted by Gasteiger charge is 2.09. The number of rotatable bonds is 10. The lowest BCUT2D eigenvalue weighted by atomic mass is 10.0. The number of hydrogen-bond donors (Lipinski definition) is 1. The third-order valence-corrected chi connectivity index (χ3v) is 4.44. The van der Waals surface area contributed by atoms with Crippen LogP contribution in [0.2, 0.25) is 0 Å². The van der Waals surface area contributed by atoms with E-state index < -0.39 is 5.97 Å². The summed E-state index contributed by atoms with van der Waals surface area (Å²) in [6.07, 6.45) is 6.01. The van der Waals surface area contributed by atoms with E-state index in [1.807, 2.05) is 0 Å². The fourth-order valence-corrected chi connectivity index (χ4v) is 2.53. The van der Waals surface area contributed by atoms with Gasteiger partial charge >= 0.3 is 5.97 Å². The quantitative estimate of drug-likeness (QED) is 0.342. The number of hydrogen-bond acceptors (Lipinski definition) is 4. The van der Waals surface area contributed by atoms with Gasteiger partial charge in [0.1, 0.15) is 17.2 Å². The first-order chi connectivity index (χ1) is 12.6. The van der Waals surface area contributed by atoms with Crippen LogP contribution in [0.5, 0.6) is 17.2 Å². The summed E-state index contributed by atoms with van der Waals surface area (Å²) in [5, 5.41) is 9.24. The summed E-state index contributed by atoms with van der Waals surface area (Å²) in [5.74, 6) is 1.65. The Balaban J connectivity index is 1.72. The van der Waals surface area contributed by atoms with Crippen molar-refractivity contribution in [3.05, 3.63) is 54.1 Å². The Bertz CT molecular complexity index is 662. The smallest absolute Gasteiger partial charge is 0.343 e. The van der Waals surface area contributed by atoms with Crippen molar-refractivity contribution >= 4 is 5.97 Å². The zero-order valence-electron chi connectivity index (χ0n) is 15.6. The normalized spacial score (nSPS) is 11.8. The number of ether oxygens (including phenoxy) is 2. The second-order valence-corrected chi connectivity index (χ2v) is 6.62. The van der Waals surface area contributed by atoms with Crippen LogP contribution in [0.1, 0.15) is 56.3 Å². The van der Waals surface area contributed by atoms with Gasteiger partial charge in [0.05, 0.1) is 12.2 Å². The Morgan fingerprint density at radius 3 is 2.27 bits per heavy atom. The first kappa shape index (κ1) is 19.8. The molecule has 0 aliphatic rings. The van der Waals surface area contributed by atoms with Crippen LogP contribution in [0, 0.1) is 5.92 Å². The highest BCUT2D eigenvalue weighted by Crippen LogP contribution is 2.19. The van der Waals surface area contributed by atoms with Gasteiger partial charge in [0.2, 0.25) is 0 Å². The molecule has 0 amide bonds. The molecule has 0 spiro atoms. The molecule has 1 unspecified atom stereocenters. The van der Waals surface area contributed by atoms with Crippen LogP contribution in [0.15, 0.2) is 48.5 Å². The monoisotopic (exact) mass is 356 g/mol. The van der Waals surface area contributed by atoms with Crippen LogP contribution in [0.25, 0.3) is 0 Å². The summed E-state index contributed by atoms with van der Waals surface area (Å²) in [6, 6.07) is 13.0. The number of aromatic hydroxyl groups is 1. The van der Waals surface area contributed by atoms with Crippen LogP contribution in [-0.2, 0) is 0 Å². The van der Waals surface area contributed by atoms with Crippen LogP contribution >= 0.6 is 0 Å². The fourth-order valence-electron chi connectivity index (χ4n) is 2.53. The van der Waals surface area contributed by atoms with E-state index in [1.54, 1.807) is 36.4 Å². The number of esters is 1. The number of unbranched alkanes of at least 4 members (excludes halogenated alkanes) is 2. The number of phenols is 1. The zero-order chi connectivity index (χ0) is 18.8. The van der Waals surface area contributed by atoms with Gasteiger partial charge in [-0.25, -0.2) is 4.79 Å². The second kappa shape index (κ2) is 10.5. The van der Waals surface area contributed by atoms with E-state index in [9.17, 15) is 9.90 Å². The highest BCUT2D eigenvalue weighted by molar-refractivity contribution is 5.91. The number of phenolic OH excluding ortho intramolecular Hbond substituents is 1. The largest absolute Gasteiger partial charge is 0.508 e. The predicted molar refractivity (Wildman–Crippen MR) is 103 cm³/mol. The number of carbonyl (C=O) groups is 1. The highest BCUT2D eigenvalue weighted by atomic mass is 16.5. The van der Waals surface area contributed by atoms with Gasteiger partial charge < -0.3 is 14.6 Å². The topological polar surface area (TPSA) is 55.8 Å². The van der Waals surface area contributed by atoms with E-state index in [0.29, 0.717) is 17.9 Å². The van der Waals surface area contributed by atoms with Gasteiger partial charge in [-0.15, -0.1) is 0 Å². The van der Waals surface area contributed by atoms with Crippen molar-refractivity contribution in [3.63, 3.8) is 0 Å². The first-order valence-corrected chi connectivity index (χ1v) is 9.32. The maximum Gasteiger partial charge on any atom is 0.343 e. The molecule has 0 bridgehead atoms. The Kier molecular flexibility index (Phi) is 8.00. The zero-order valence-corrected chi connectivity index (χ0v) is 15.6. The summed E-state index contributed by atoms with van der Waals surface area (Å²) in [6.45, 7) is 5.22. The summed E-state index contributed by atoms with van der Waals surface area (Å²) < 4.78 is 11.0. The Morgan fingerprint density at radius 1 is 0.962 bits per heavy atom. The molecule has 0 radical (unpaired) electrons. The minimum Gasteiger partial charge on any atom is -0.508 e. The van der Waals surface area contributed by atoms with E-state index >= 15 is 0 Å². The maximum absolute atomic E-state index is 12.1. The second-order valence-electron chi connectivity index (χ2n) is 6.62. The van der Waals surface area contributed by atoms with Gasteiger partial charge in [-0.2, -0.15) is 0 Å². The Hall–Kier alpha value is -2.49. The van der Waals surface area contributed by atoms with Gasteiger partial charge in [-0.1, -0.05) is 39.5 Å². The van der Waals surface area contributed by atoms with Crippen molar-refractivity contribution in [2.24, 2.45) is 5.92 Å². The van der Waals surface area contributed by atoms with Crippen LogP contribution in [-0.4, -0.2) is 17.7 Å². The molecular weight excluding hydrogens is 328 g/mol. The molecule has 4 nitrogen and oxygen atoms in total. The molecule has 26 heavy (non-hydrogen) atoms. The molecule has 0 saturated carbocycles. The summed E-state index contributed by atoms with van der Waals surface area (Å²) in [4.78, 5) is 12.1. The summed E-state index contributed by atoms with van der Waals surface area (Å²) in [7, 11) is 0. The van der Waals surface area contributed by atoms with Crippen LogP contribution < -0.4 is 9.47 Å². The number of benzene rings is 2. The predicted octanol–water partition coefficient (Wildman–Crippen LogP) is 5.60. The molecule has 2 aromatic rings. The van der Waals surface area contributed by atoms with Crippen LogP contribution in [0.4, 0.5) is 0 Å². The molecule has 1 atom stereocenters. The molecule has 0 fully saturated rings. The molecule has 4 heteroatoms. The SMILES string of the molecule is CCC(C)CCCCCOc1ccc(C(=O)Oc2ccc(O)cc2)cc1. The van der Waals surface area contributed by atoms with Crippen molar-refractivity contribution in [1.29, 1.82) is 0 Å². The standard InChI is InChI=1S/C22H28O4/c1-3-17(2)7-5-4-6-16-25-20-12-8-18(9-13-20)22(24)26-21-14-10-19(23)11-15-21/h8-15,17,23H,3-7,16H2,1-2H3.